The monoisotopic (exact) mass is 282 g/mol. The van der Waals surface area contributed by atoms with Crippen molar-refractivity contribution in [1.29, 1.82) is 0 Å². The van der Waals surface area contributed by atoms with Gasteiger partial charge in [0.2, 0.25) is 5.91 Å². The molecule has 0 saturated carbocycles. The molecule has 0 atom stereocenters. The van der Waals surface area contributed by atoms with Crippen molar-refractivity contribution in [1.82, 2.24) is 14.9 Å². The lowest BCUT2D eigenvalue weighted by Crippen LogP contribution is -2.27. The number of aromatic nitrogens is 2. The van der Waals surface area contributed by atoms with E-state index in [1.807, 2.05) is 12.3 Å². The summed E-state index contributed by atoms with van der Waals surface area (Å²) in [4.78, 5) is 23.1. The van der Waals surface area contributed by atoms with Crippen LogP contribution in [0.5, 0.6) is 0 Å². The van der Waals surface area contributed by atoms with E-state index in [0.717, 1.165) is 16.3 Å². The highest BCUT2D eigenvalue weighted by atomic mass is 32.1. The first-order chi connectivity index (χ1) is 8.56. The van der Waals surface area contributed by atoms with Gasteiger partial charge in [-0.05, 0) is 6.92 Å². The molecule has 0 aliphatic heterocycles. The average molecular weight is 282 g/mol. The minimum Gasteiger partial charge on any atom is -0.375 e. The zero-order chi connectivity index (χ0) is 13.1. The summed E-state index contributed by atoms with van der Waals surface area (Å²) in [5.74, 6) is 0.0353. The molecule has 2 aromatic rings. The van der Waals surface area contributed by atoms with E-state index >= 15 is 0 Å². The third-order valence-electron chi connectivity index (χ3n) is 2.55. The molecule has 2 heterocycles. The summed E-state index contributed by atoms with van der Waals surface area (Å²) in [6.07, 6.45) is 0.294. The maximum absolute atomic E-state index is 12.0. The second-order valence-corrected chi connectivity index (χ2v) is 5.79. The van der Waals surface area contributed by atoms with E-state index in [0.29, 0.717) is 18.1 Å². The number of nitrogens with two attached hydrogens (primary N) is 1. The summed E-state index contributed by atoms with van der Waals surface area (Å²) in [5, 5.41) is 2.32. The van der Waals surface area contributed by atoms with E-state index in [9.17, 15) is 4.79 Å². The van der Waals surface area contributed by atoms with Crippen molar-refractivity contribution in [2.24, 2.45) is 0 Å². The Morgan fingerprint density at radius 3 is 2.83 bits per heavy atom. The van der Waals surface area contributed by atoms with Crippen LogP contribution in [0, 0.1) is 6.92 Å². The van der Waals surface area contributed by atoms with Gasteiger partial charge in [-0.15, -0.1) is 22.7 Å². The largest absolute Gasteiger partial charge is 0.375 e. The molecule has 0 aliphatic carbocycles. The predicted octanol–water partition coefficient (Wildman–Crippen LogP) is 1.69. The first kappa shape index (κ1) is 13.0. The highest BCUT2D eigenvalue weighted by Gasteiger charge is 2.13. The fourth-order valence-corrected chi connectivity index (χ4v) is 2.87. The maximum atomic E-state index is 12.0. The van der Waals surface area contributed by atoms with Crippen molar-refractivity contribution in [3.05, 3.63) is 27.2 Å². The number of hydrogen-bond acceptors (Lipinski definition) is 6. The zero-order valence-corrected chi connectivity index (χ0v) is 11.8. The van der Waals surface area contributed by atoms with Crippen molar-refractivity contribution in [2.45, 2.75) is 19.9 Å². The Balaban J connectivity index is 1.95. The van der Waals surface area contributed by atoms with E-state index < -0.39 is 0 Å². The minimum absolute atomic E-state index is 0.0353. The van der Waals surface area contributed by atoms with Crippen LogP contribution in [0.2, 0.25) is 0 Å². The number of carbonyl (C=O) groups excluding carboxylic acids is 1. The molecule has 0 unspecified atom stereocenters. The fraction of sp³-hybridized carbons (Fsp3) is 0.364. The Labute approximate surface area is 113 Å². The molecule has 0 fully saturated rings. The molecule has 18 heavy (non-hydrogen) atoms. The van der Waals surface area contributed by atoms with Crippen molar-refractivity contribution >= 4 is 33.7 Å². The zero-order valence-electron chi connectivity index (χ0n) is 10.2. The molecule has 0 saturated heterocycles. The predicted molar refractivity (Wildman–Crippen MR) is 73.6 cm³/mol. The minimum atomic E-state index is 0.0353. The SMILES string of the molecule is Cc1ncsc1CN(C)C(=O)Cc1csc(N)n1. The van der Waals surface area contributed by atoms with Gasteiger partial charge in [-0.25, -0.2) is 9.97 Å². The van der Waals surface area contributed by atoms with Gasteiger partial charge < -0.3 is 10.6 Å². The summed E-state index contributed by atoms with van der Waals surface area (Å²) in [5.41, 5.74) is 9.05. The summed E-state index contributed by atoms with van der Waals surface area (Å²) >= 11 is 2.92. The number of anilines is 1. The van der Waals surface area contributed by atoms with Crippen molar-refractivity contribution in [2.75, 3.05) is 12.8 Å². The van der Waals surface area contributed by atoms with Crippen molar-refractivity contribution in [3.63, 3.8) is 0 Å². The summed E-state index contributed by atoms with van der Waals surface area (Å²) in [6.45, 7) is 2.54. The molecule has 7 heteroatoms. The number of nitrogen functional groups attached to an aromatic ring is 1. The Morgan fingerprint density at radius 1 is 1.50 bits per heavy atom. The summed E-state index contributed by atoms with van der Waals surface area (Å²) in [7, 11) is 1.79. The van der Waals surface area contributed by atoms with Gasteiger partial charge in [-0.3, -0.25) is 4.79 Å². The quantitative estimate of drug-likeness (QED) is 0.926. The molecule has 2 rings (SSSR count). The lowest BCUT2D eigenvalue weighted by Gasteiger charge is -2.15. The second kappa shape index (κ2) is 5.45. The number of rotatable bonds is 4. The van der Waals surface area contributed by atoms with Gasteiger partial charge in [-0.1, -0.05) is 0 Å². The molecule has 0 spiro atoms. The van der Waals surface area contributed by atoms with Gasteiger partial charge >= 0.3 is 0 Å². The Hall–Kier alpha value is -1.47. The van der Waals surface area contributed by atoms with Crippen LogP contribution < -0.4 is 5.73 Å². The van der Waals surface area contributed by atoms with E-state index in [2.05, 4.69) is 9.97 Å². The lowest BCUT2D eigenvalue weighted by molar-refractivity contribution is -0.129. The highest BCUT2D eigenvalue weighted by molar-refractivity contribution is 7.13. The van der Waals surface area contributed by atoms with Crippen molar-refractivity contribution < 1.29 is 4.79 Å². The molecule has 96 valence electrons. The smallest absolute Gasteiger partial charge is 0.228 e. The maximum Gasteiger partial charge on any atom is 0.228 e. The molecule has 0 aliphatic rings. The highest BCUT2D eigenvalue weighted by Crippen LogP contribution is 2.16. The molecule has 5 nitrogen and oxygen atoms in total. The fourth-order valence-electron chi connectivity index (χ4n) is 1.48. The van der Waals surface area contributed by atoms with Crippen LogP contribution in [0.15, 0.2) is 10.9 Å². The molecule has 0 aromatic carbocycles. The summed E-state index contributed by atoms with van der Waals surface area (Å²) in [6, 6.07) is 0. The number of carbonyl (C=O) groups is 1. The topological polar surface area (TPSA) is 72.1 Å². The van der Waals surface area contributed by atoms with Gasteiger partial charge in [0.25, 0.3) is 0 Å². The van der Waals surface area contributed by atoms with Gasteiger partial charge in [0.05, 0.1) is 29.9 Å². The molecule has 0 radical (unpaired) electrons. The van der Waals surface area contributed by atoms with Crippen LogP contribution in [0.3, 0.4) is 0 Å². The van der Waals surface area contributed by atoms with Gasteiger partial charge in [0, 0.05) is 17.3 Å². The standard InChI is InChI=1S/C11H14N4OS2/c1-7-9(18-6-13-7)4-15(2)10(16)3-8-5-17-11(12)14-8/h5-6H,3-4H2,1-2H3,(H2,12,14). The number of thiazole rings is 2. The Bertz CT molecular complexity index is 549. The third kappa shape index (κ3) is 3.05. The van der Waals surface area contributed by atoms with Crippen LogP contribution in [0.1, 0.15) is 16.3 Å². The number of aryl methyl sites for hydroxylation is 1. The molecule has 2 aromatic heterocycles. The summed E-state index contributed by atoms with van der Waals surface area (Å²) < 4.78 is 0. The Kier molecular flexibility index (Phi) is 3.93. The van der Waals surface area contributed by atoms with Crippen LogP contribution >= 0.6 is 22.7 Å². The number of nitrogens with zero attached hydrogens (tertiary/aromatic N) is 3. The normalized spacial score (nSPS) is 10.6. The molecule has 1 amide bonds. The third-order valence-corrected chi connectivity index (χ3v) is 4.20. The van der Waals surface area contributed by atoms with E-state index in [1.165, 1.54) is 11.3 Å². The van der Waals surface area contributed by atoms with Gasteiger partial charge in [0.1, 0.15) is 0 Å². The molecule has 2 N–H and O–H groups in total. The van der Waals surface area contributed by atoms with Gasteiger partial charge in [-0.2, -0.15) is 0 Å². The lowest BCUT2D eigenvalue weighted by atomic mass is 10.3. The number of hydrogen-bond donors (Lipinski definition) is 1. The Morgan fingerprint density at radius 2 is 2.28 bits per heavy atom. The number of likely N-dealkylation sites (N-methyl/N-ethyl adjacent to an activating group) is 1. The van der Waals surface area contributed by atoms with Crippen LogP contribution in [-0.2, 0) is 17.8 Å². The molecular weight excluding hydrogens is 268 g/mol. The first-order valence-corrected chi connectivity index (χ1v) is 7.15. The van der Waals surface area contributed by atoms with Crippen LogP contribution in [0.25, 0.3) is 0 Å². The van der Waals surface area contributed by atoms with E-state index in [1.54, 1.807) is 28.8 Å². The van der Waals surface area contributed by atoms with Crippen LogP contribution in [0.4, 0.5) is 5.13 Å². The first-order valence-electron chi connectivity index (χ1n) is 5.39. The van der Waals surface area contributed by atoms with E-state index in [-0.39, 0.29) is 5.91 Å². The second-order valence-electron chi connectivity index (χ2n) is 3.96. The van der Waals surface area contributed by atoms with E-state index in [4.69, 9.17) is 5.73 Å². The van der Waals surface area contributed by atoms with Crippen LogP contribution in [-0.4, -0.2) is 27.8 Å². The van der Waals surface area contributed by atoms with Gasteiger partial charge in [0.15, 0.2) is 5.13 Å². The molecular formula is C11H14N4OS2. The molecule has 0 bridgehead atoms. The average Bonchev–Trinajstić information content (AvgIpc) is 2.89. The number of amides is 1. The van der Waals surface area contributed by atoms with Crippen molar-refractivity contribution in [3.8, 4) is 0 Å².